The van der Waals surface area contributed by atoms with Crippen LogP contribution in [0.25, 0.3) is 11.0 Å². The number of aliphatic hydroxyl groups excluding tert-OH is 1. The van der Waals surface area contributed by atoms with Crippen LogP contribution in [0.3, 0.4) is 0 Å². The van der Waals surface area contributed by atoms with Crippen LogP contribution < -0.4 is 10.9 Å². The van der Waals surface area contributed by atoms with Gasteiger partial charge >= 0.3 is 0 Å². The molecule has 2 aromatic rings. The molecule has 118 valence electrons. The largest absolute Gasteiger partial charge is 0.396 e. The van der Waals surface area contributed by atoms with Crippen LogP contribution in [0.2, 0.25) is 5.02 Å². The molecular formula is C15H17BrClN3O2. The fraction of sp³-hybridized carbons (Fsp3) is 0.467. The minimum absolute atomic E-state index is 0.119. The van der Waals surface area contributed by atoms with Crippen molar-refractivity contribution in [2.75, 3.05) is 11.9 Å². The number of halogens is 2. The van der Waals surface area contributed by atoms with Gasteiger partial charge in [0.2, 0.25) is 0 Å². The normalized spacial score (nSPS) is 16.0. The Labute approximate surface area is 141 Å². The molecule has 2 heterocycles. The number of fused-ring (bicyclic) bond motifs is 1. The molecule has 0 saturated heterocycles. The van der Waals surface area contributed by atoms with Crippen LogP contribution in [0.5, 0.6) is 0 Å². The lowest BCUT2D eigenvalue weighted by Crippen LogP contribution is -2.27. The second kappa shape index (κ2) is 6.18. The van der Waals surface area contributed by atoms with Gasteiger partial charge in [-0.1, -0.05) is 11.6 Å². The number of anilines is 1. The van der Waals surface area contributed by atoms with Gasteiger partial charge in [0.05, 0.1) is 10.7 Å². The second-order valence-electron chi connectivity index (χ2n) is 5.68. The number of hydrogen-bond donors (Lipinski definition) is 2. The summed E-state index contributed by atoms with van der Waals surface area (Å²) in [5.41, 5.74) is 1.14. The van der Waals surface area contributed by atoms with Gasteiger partial charge in [-0.25, -0.2) is 4.98 Å². The Balaban J connectivity index is 2.14. The average molecular weight is 387 g/mol. The summed E-state index contributed by atoms with van der Waals surface area (Å²) >= 11 is 9.47. The lowest BCUT2D eigenvalue weighted by atomic mass is 10.1. The molecule has 1 unspecified atom stereocenters. The van der Waals surface area contributed by atoms with E-state index in [-0.39, 0.29) is 18.2 Å². The second-order valence-corrected chi connectivity index (χ2v) is 6.91. The van der Waals surface area contributed by atoms with Gasteiger partial charge in [-0.15, -0.1) is 0 Å². The molecule has 1 fully saturated rings. The smallest absolute Gasteiger partial charge is 0.268 e. The molecule has 0 radical (unpaired) electrons. The van der Waals surface area contributed by atoms with Gasteiger partial charge in [0.1, 0.15) is 10.1 Å². The number of rotatable bonds is 5. The molecular weight excluding hydrogens is 370 g/mol. The van der Waals surface area contributed by atoms with Crippen LogP contribution in [0.1, 0.15) is 19.3 Å². The molecule has 0 spiro atoms. The van der Waals surface area contributed by atoms with Crippen molar-refractivity contribution < 1.29 is 5.11 Å². The van der Waals surface area contributed by atoms with E-state index in [0.29, 0.717) is 33.2 Å². The zero-order chi connectivity index (χ0) is 15.9. The van der Waals surface area contributed by atoms with Crippen molar-refractivity contribution in [3.8, 4) is 0 Å². The van der Waals surface area contributed by atoms with E-state index in [2.05, 4.69) is 26.2 Å². The van der Waals surface area contributed by atoms with Crippen molar-refractivity contribution in [2.24, 2.45) is 13.0 Å². The average Bonchev–Trinajstić information content (AvgIpc) is 3.33. The van der Waals surface area contributed by atoms with Crippen molar-refractivity contribution in [1.82, 2.24) is 9.55 Å². The van der Waals surface area contributed by atoms with Crippen LogP contribution in [0, 0.1) is 5.92 Å². The van der Waals surface area contributed by atoms with Gasteiger partial charge in [-0.05, 0) is 47.2 Å². The predicted molar refractivity (Wildman–Crippen MR) is 91.5 cm³/mol. The molecule has 7 heteroatoms. The van der Waals surface area contributed by atoms with Crippen LogP contribution in [-0.2, 0) is 7.05 Å². The number of aryl methyl sites for hydroxylation is 1. The Bertz CT molecular complexity index is 773. The first kappa shape index (κ1) is 15.8. The van der Waals surface area contributed by atoms with Crippen LogP contribution >= 0.6 is 27.5 Å². The first-order chi connectivity index (χ1) is 10.5. The van der Waals surface area contributed by atoms with Crippen LogP contribution in [-0.4, -0.2) is 27.3 Å². The van der Waals surface area contributed by atoms with Gasteiger partial charge in [0.15, 0.2) is 0 Å². The fourth-order valence-electron chi connectivity index (χ4n) is 2.74. The van der Waals surface area contributed by atoms with Crippen LogP contribution in [0.4, 0.5) is 5.69 Å². The minimum atomic E-state index is -0.150. The first-order valence-electron chi connectivity index (χ1n) is 7.24. The predicted octanol–water partition coefficient (Wildman–Crippen LogP) is 2.92. The molecule has 0 bridgehead atoms. The molecule has 1 saturated carbocycles. The molecule has 0 amide bonds. The number of hydrogen-bond acceptors (Lipinski definition) is 4. The molecule has 1 aliphatic carbocycles. The van der Waals surface area contributed by atoms with E-state index in [9.17, 15) is 9.90 Å². The Morgan fingerprint density at radius 2 is 2.32 bits per heavy atom. The number of nitrogens with one attached hydrogen (secondary N) is 1. The Morgan fingerprint density at radius 3 is 2.95 bits per heavy atom. The monoisotopic (exact) mass is 385 g/mol. The molecule has 22 heavy (non-hydrogen) atoms. The van der Waals surface area contributed by atoms with Crippen molar-refractivity contribution in [1.29, 1.82) is 0 Å². The summed E-state index contributed by atoms with van der Waals surface area (Å²) < 4.78 is 1.97. The minimum Gasteiger partial charge on any atom is -0.396 e. The standard InChI is InChI=1S/C15H17BrClN3O2/c1-20-14-10(6-9(17)7-18-14)13(12(16)15(20)22)19-11(4-5-21)8-2-3-8/h6-8,11,19,21H,2-5H2,1H3. The van der Waals surface area contributed by atoms with Gasteiger partial charge in [0.25, 0.3) is 5.56 Å². The zero-order valence-electron chi connectivity index (χ0n) is 12.1. The Kier molecular flexibility index (Phi) is 4.43. The highest BCUT2D eigenvalue weighted by Crippen LogP contribution is 2.38. The zero-order valence-corrected chi connectivity index (χ0v) is 14.5. The maximum Gasteiger partial charge on any atom is 0.268 e. The lowest BCUT2D eigenvalue weighted by molar-refractivity contribution is 0.274. The van der Waals surface area contributed by atoms with E-state index in [1.54, 1.807) is 13.1 Å². The van der Waals surface area contributed by atoms with Crippen molar-refractivity contribution in [3.05, 3.63) is 32.1 Å². The lowest BCUT2D eigenvalue weighted by Gasteiger charge is -2.21. The summed E-state index contributed by atoms with van der Waals surface area (Å²) in [7, 11) is 1.69. The van der Waals surface area contributed by atoms with Crippen molar-refractivity contribution in [3.63, 3.8) is 0 Å². The molecule has 5 nitrogen and oxygen atoms in total. The van der Waals surface area contributed by atoms with Gasteiger partial charge < -0.3 is 10.4 Å². The van der Waals surface area contributed by atoms with Crippen molar-refractivity contribution >= 4 is 44.3 Å². The highest BCUT2D eigenvalue weighted by Gasteiger charge is 2.31. The highest BCUT2D eigenvalue weighted by molar-refractivity contribution is 9.10. The summed E-state index contributed by atoms with van der Waals surface area (Å²) in [6, 6.07) is 1.95. The maximum absolute atomic E-state index is 12.4. The summed E-state index contributed by atoms with van der Waals surface area (Å²) in [4.78, 5) is 16.6. The number of aromatic nitrogens is 2. The topological polar surface area (TPSA) is 67.2 Å². The summed E-state index contributed by atoms with van der Waals surface area (Å²) in [6.45, 7) is 0.119. The number of nitrogens with zero attached hydrogens (tertiary/aromatic N) is 2. The summed E-state index contributed by atoms with van der Waals surface area (Å²) in [5.74, 6) is 0.547. The fourth-order valence-corrected chi connectivity index (χ4v) is 3.49. The third-order valence-corrected chi connectivity index (χ3v) is 5.04. The molecule has 3 rings (SSSR count). The Hall–Kier alpha value is -1.11. The highest BCUT2D eigenvalue weighted by atomic mass is 79.9. The van der Waals surface area contributed by atoms with E-state index in [4.69, 9.17) is 11.6 Å². The van der Waals surface area contributed by atoms with Gasteiger partial charge in [0, 0.05) is 31.3 Å². The SMILES string of the molecule is Cn1c(=O)c(Br)c(NC(CCO)C2CC2)c2cc(Cl)cnc21. The molecule has 0 aromatic carbocycles. The van der Waals surface area contributed by atoms with Gasteiger partial charge in [-0.3, -0.25) is 9.36 Å². The summed E-state index contributed by atoms with van der Waals surface area (Å²) in [6.07, 6.45) is 4.49. The van der Waals surface area contributed by atoms with Gasteiger partial charge in [-0.2, -0.15) is 0 Å². The molecule has 1 atom stereocenters. The van der Waals surface area contributed by atoms with E-state index in [0.717, 1.165) is 18.2 Å². The third kappa shape index (κ3) is 2.87. The first-order valence-corrected chi connectivity index (χ1v) is 8.41. The van der Waals surface area contributed by atoms with E-state index in [1.807, 2.05) is 0 Å². The quantitative estimate of drug-likeness (QED) is 0.829. The van der Waals surface area contributed by atoms with E-state index < -0.39 is 0 Å². The van der Waals surface area contributed by atoms with E-state index in [1.165, 1.54) is 10.8 Å². The summed E-state index contributed by atoms with van der Waals surface area (Å²) in [5, 5.41) is 14.0. The Morgan fingerprint density at radius 1 is 1.59 bits per heavy atom. The van der Waals surface area contributed by atoms with Crippen molar-refractivity contribution in [2.45, 2.75) is 25.3 Å². The molecule has 0 aliphatic heterocycles. The number of aliphatic hydroxyl groups is 1. The van der Waals surface area contributed by atoms with Crippen LogP contribution in [0.15, 0.2) is 21.5 Å². The maximum atomic E-state index is 12.4. The molecule has 2 N–H and O–H groups in total. The van der Waals surface area contributed by atoms with E-state index >= 15 is 0 Å². The number of pyridine rings is 2. The third-order valence-electron chi connectivity index (χ3n) is 4.09. The molecule has 2 aromatic heterocycles. The molecule has 1 aliphatic rings.